The van der Waals surface area contributed by atoms with E-state index in [0.717, 1.165) is 13.0 Å². The van der Waals surface area contributed by atoms with Crippen LogP contribution in [-0.4, -0.2) is 6.54 Å². The first-order chi connectivity index (χ1) is 2.39. The number of hydrogen-bond acceptors (Lipinski definition) is 1. The Labute approximate surface area is 31.0 Å². The second-order valence-electron chi connectivity index (χ2n) is 1.21. The zero-order valence-electron chi connectivity index (χ0n) is 2.90. The van der Waals surface area contributed by atoms with E-state index in [-0.39, 0.29) is 0 Å². The van der Waals surface area contributed by atoms with Crippen molar-refractivity contribution < 1.29 is 5.06 Å². The predicted molar refractivity (Wildman–Crippen MR) is 18.1 cm³/mol. The molecule has 1 rings (SSSR count). The number of hydroxylamine groups is 2. The average molecular weight is 72.1 g/mol. The summed E-state index contributed by atoms with van der Waals surface area (Å²) in [5.41, 5.74) is 0. The third kappa shape index (κ3) is 0.412. The molecule has 1 unspecified atom stereocenters. The topological polar surface area (TPSA) is 27.5 Å². The Morgan fingerprint density at radius 2 is 2.20 bits per heavy atom. The van der Waals surface area contributed by atoms with Crippen molar-refractivity contribution in [1.82, 2.24) is 0 Å². The molecule has 1 fully saturated rings. The molecule has 2 heteroatoms. The third-order valence-electron chi connectivity index (χ3n) is 0.763. The summed E-state index contributed by atoms with van der Waals surface area (Å²) >= 11 is 0. The normalized spacial score (nSPS) is 25.8. The molecule has 0 aromatic heterocycles. The van der Waals surface area contributed by atoms with E-state index in [1.165, 1.54) is 0 Å². The molecule has 1 aliphatic heterocycles. The minimum atomic E-state index is 0.310. The zero-order chi connectivity index (χ0) is 3.70. The van der Waals surface area contributed by atoms with Crippen molar-refractivity contribution in [2.24, 2.45) is 0 Å². The molecule has 0 bridgehead atoms. The van der Waals surface area contributed by atoms with E-state index in [0.29, 0.717) is 5.06 Å². The van der Waals surface area contributed by atoms with Crippen LogP contribution < -0.4 is 5.06 Å². The summed E-state index contributed by atoms with van der Waals surface area (Å²) in [6.45, 7) is 2.50. The van der Waals surface area contributed by atoms with E-state index in [4.69, 9.17) is 0 Å². The van der Waals surface area contributed by atoms with Gasteiger partial charge in [-0.15, -0.1) is 0 Å². The third-order valence-corrected chi connectivity index (χ3v) is 0.763. The summed E-state index contributed by atoms with van der Waals surface area (Å²) in [6.07, 6.45) is 1.01. The van der Waals surface area contributed by atoms with Crippen LogP contribution in [0, 0.1) is 11.8 Å². The van der Waals surface area contributed by atoms with Gasteiger partial charge in [-0.05, 0) is 0 Å². The smallest absolute Gasteiger partial charge is 0.145 e. The molecule has 0 saturated carbocycles. The van der Waals surface area contributed by atoms with Gasteiger partial charge in [0.25, 0.3) is 0 Å². The first-order valence-corrected chi connectivity index (χ1v) is 1.75. The van der Waals surface area contributed by atoms with Crippen molar-refractivity contribution in [3.63, 3.8) is 0 Å². The van der Waals surface area contributed by atoms with Crippen LogP contribution in [0.15, 0.2) is 0 Å². The van der Waals surface area contributed by atoms with Gasteiger partial charge in [0.15, 0.2) is 0 Å². The lowest BCUT2D eigenvalue weighted by Gasteiger charge is -2.28. The lowest BCUT2D eigenvalue weighted by molar-refractivity contribution is -0.853. The fraction of sp³-hybridized carbons (Fsp3) is 0.667. The highest BCUT2D eigenvalue weighted by Crippen LogP contribution is 1.79. The molecule has 2 nitrogen and oxygen atoms in total. The van der Waals surface area contributed by atoms with Crippen LogP contribution in [-0.2, 0) is 0 Å². The summed E-state index contributed by atoms with van der Waals surface area (Å²) in [5.74, 6) is 0. The SMILES string of the molecule is [O-][NH+]1[CH]CC1. The highest BCUT2D eigenvalue weighted by Gasteiger charge is 2.07. The minimum absolute atomic E-state index is 0.310. The van der Waals surface area contributed by atoms with E-state index in [9.17, 15) is 5.21 Å². The van der Waals surface area contributed by atoms with Crippen molar-refractivity contribution >= 4 is 0 Å². The van der Waals surface area contributed by atoms with Gasteiger partial charge in [0.05, 0.1) is 13.0 Å². The second kappa shape index (κ2) is 0.954. The standard InChI is InChI=1S/C3H6NO/c5-4-2-1-3-4/h2,4H,1,3H2. The van der Waals surface area contributed by atoms with Gasteiger partial charge < -0.3 is 10.3 Å². The fourth-order valence-corrected chi connectivity index (χ4v) is 0.262. The highest BCUT2D eigenvalue weighted by atomic mass is 16.5. The van der Waals surface area contributed by atoms with Gasteiger partial charge >= 0.3 is 0 Å². The Balaban J connectivity index is 2.08. The molecule has 0 amide bonds. The van der Waals surface area contributed by atoms with Gasteiger partial charge in [0, 0.05) is 0 Å². The molecule has 1 aliphatic rings. The minimum Gasteiger partial charge on any atom is -0.634 e. The van der Waals surface area contributed by atoms with E-state index in [1.54, 1.807) is 6.54 Å². The Bertz CT molecular complexity index is 33.9. The van der Waals surface area contributed by atoms with Crippen LogP contribution >= 0.6 is 0 Å². The zero-order valence-corrected chi connectivity index (χ0v) is 2.90. The van der Waals surface area contributed by atoms with E-state index in [2.05, 4.69) is 0 Å². The first kappa shape index (κ1) is 3.12. The van der Waals surface area contributed by atoms with Gasteiger partial charge in [0.2, 0.25) is 0 Å². The Hall–Kier alpha value is -0.0800. The molecule has 1 atom stereocenters. The quantitative estimate of drug-likeness (QED) is 0.363. The number of rotatable bonds is 0. The van der Waals surface area contributed by atoms with Crippen molar-refractivity contribution in [2.45, 2.75) is 6.42 Å². The van der Waals surface area contributed by atoms with Crippen LogP contribution in [0.1, 0.15) is 6.42 Å². The summed E-state index contributed by atoms with van der Waals surface area (Å²) in [6, 6.07) is 0. The van der Waals surface area contributed by atoms with E-state index >= 15 is 0 Å². The van der Waals surface area contributed by atoms with Crippen LogP contribution in [0.25, 0.3) is 0 Å². The molecule has 0 aromatic carbocycles. The first-order valence-electron chi connectivity index (χ1n) is 1.75. The molecule has 29 valence electrons. The molecule has 0 aliphatic carbocycles. The predicted octanol–water partition coefficient (Wildman–Crippen LogP) is -1.07. The largest absolute Gasteiger partial charge is 0.634 e. The van der Waals surface area contributed by atoms with Crippen LogP contribution in [0.3, 0.4) is 0 Å². The average Bonchev–Trinajstić information content (AvgIpc) is 1.30. The van der Waals surface area contributed by atoms with Crippen LogP contribution in [0.4, 0.5) is 0 Å². The summed E-state index contributed by atoms with van der Waals surface area (Å²) < 4.78 is 0. The van der Waals surface area contributed by atoms with E-state index < -0.39 is 0 Å². The summed E-state index contributed by atoms with van der Waals surface area (Å²) in [7, 11) is 0. The summed E-state index contributed by atoms with van der Waals surface area (Å²) in [5, 5.41) is 10.2. The van der Waals surface area contributed by atoms with Gasteiger partial charge in [-0.3, -0.25) is 0 Å². The van der Waals surface area contributed by atoms with Gasteiger partial charge in [-0.25, -0.2) is 0 Å². The Morgan fingerprint density at radius 1 is 1.80 bits per heavy atom. The maximum atomic E-state index is 9.84. The Morgan fingerprint density at radius 3 is 2.20 bits per heavy atom. The van der Waals surface area contributed by atoms with Crippen molar-refractivity contribution in [3.05, 3.63) is 11.8 Å². The monoisotopic (exact) mass is 72.0 g/mol. The van der Waals surface area contributed by atoms with Gasteiger partial charge in [0.1, 0.15) is 6.54 Å². The fourth-order valence-electron chi connectivity index (χ4n) is 0.262. The van der Waals surface area contributed by atoms with E-state index in [1.807, 2.05) is 0 Å². The number of quaternary nitrogens is 1. The molecule has 1 saturated heterocycles. The molecule has 1 heterocycles. The second-order valence-corrected chi connectivity index (χ2v) is 1.21. The molecule has 0 aromatic rings. The number of nitrogens with one attached hydrogen (secondary N) is 1. The van der Waals surface area contributed by atoms with Gasteiger partial charge in [-0.2, -0.15) is 0 Å². The maximum Gasteiger partial charge on any atom is 0.145 e. The molecule has 1 radical (unpaired) electrons. The van der Waals surface area contributed by atoms with Crippen molar-refractivity contribution in [2.75, 3.05) is 6.54 Å². The van der Waals surface area contributed by atoms with Crippen LogP contribution in [0.2, 0.25) is 0 Å². The molecule has 5 heavy (non-hydrogen) atoms. The Kier molecular flexibility index (Phi) is 0.596. The summed E-state index contributed by atoms with van der Waals surface area (Å²) in [4.78, 5) is 0. The molecule has 0 spiro atoms. The highest BCUT2D eigenvalue weighted by molar-refractivity contribution is 4.55. The number of hydrogen-bond donors (Lipinski definition) is 1. The lowest BCUT2D eigenvalue weighted by Crippen LogP contribution is -3.10. The van der Waals surface area contributed by atoms with Crippen molar-refractivity contribution in [1.29, 1.82) is 0 Å². The van der Waals surface area contributed by atoms with Gasteiger partial charge in [-0.1, -0.05) is 0 Å². The maximum absolute atomic E-state index is 9.84. The molecule has 1 N–H and O–H groups in total. The lowest BCUT2D eigenvalue weighted by atomic mass is 10.3. The van der Waals surface area contributed by atoms with Crippen LogP contribution in [0.5, 0.6) is 0 Å². The molecular formula is C3H6NO. The molecular weight excluding hydrogens is 66.0 g/mol. The van der Waals surface area contributed by atoms with Crippen molar-refractivity contribution in [3.8, 4) is 0 Å².